The van der Waals surface area contributed by atoms with Gasteiger partial charge in [-0.15, -0.1) is 0 Å². The molecular formula is C16H20FNO3. The van der Waals surface area contributed by atoms with E-state index in [-0.39, 0.29) is 18.1 Å². The summed E-state index contributed by atoms with van der Waals surface area (Å²) in [4.78, 5) is 14.1. The minimum Gasteiger partial charge on any atom is -0.395 e. The number of ether oxygens (including phenoxy) is 1. The van der Waals surface area contributed by atoms with Gasteiger partial charge in [-0.05, 0) is 25.1 Å². The Bertz CT molecular complexity index is 534. The Hall–Kier alpha value is -1.90. The molecule has 0 aliphatic carbocycles. The number of rotatable bonds is 6. The van der Waals surface area contributed by atoms with Crippen molar-refractivity contribution in [2.75, 3.05) is 33.4 Å². The molecular weight excluding hydrogens is 273 g/mol. The summed E-state index contributed by atoms with van der Waals surface area (Å²) in [6, 6.07) is 3.95. The van der Waals surface area contributed by atoms with Gasteiger partial charge < -0.3 is 14.7 Å². The molecule has 1 aromatic carbocycles. The summed E-state index contributed by atoms with van der Waals surface area (Å²) in [5, 5.41) is 8.74. The van der Waals surface area contributed by atoms with E-state index in [1.807, 2.05) is 6.92 Å². The van der Waals surface area contributed by atoms with E-state index in [1.165, 1.54) is 18.2 Å². The number of aliphatic hydroxyl groups is 1. The normalized spacial score (nSPS) is 9.90. The average molecular weight is 293 g/mol. The standard InChI is InChI=1S/C16H20FNO3/c1-3-18(9-11-21-2)16(20)15-12-14(17)8-7-13(15)6-4-5-10-19/h7-8,12,19H,3,5,9-11H2,1-2H3. The second-order valence-electron chi connectivity index (χ2n) is 4.34. The first-order valence-electron chi connectivity index (χ1n) is 6.81. The Balaban J connectivity index is 3.06. The highest BCUT2D eigenvalue weighted by atomic mass is 19.1. The molecule has 21 heavy (non-hydrogen) atoms. The van der Waals surface area contributed by atoms with Gasteiger partial charge in [-0.1, -0.05) is 11.8 Å². The van der Waals surface area contributed by atoms with Gasteiger partial charge in [-0.2, -0.15) is 0 Å². The van der Waals surface area contributed by atoms with Crippen LogP contribution in [0.25, 0.3) is 0 Å². The van der Waals surface area contributed by atoms with Gasteiger partial charge in [-0.25, -0.2) is 4.39 Å². The molecule has 0 radical (unpaired) electrons. The molecule has 1 aromatic rings. The minimum absolute atomic E-state index is 0.0492. The third-order valence-corrected chi connectivity index (χ3v) is 2.91. The molecule has 5 heteroatoms. The van der Waals surface area contributed by atoms with Crippen LogP contribution >= 0.6 is 0 Å². The minimum atomic E-state index is -0.478. The lowest BCUT2D eigenvalue weighted by Gasteiger charge is -2.21. The third kappa shape index (κ3) is 5.18. The number of benzene rings is 1. The first-order chi connectivity index (χ1) is 10.1. The van der Waals surface area contributed by atoms with E-state index >= 15 is 0 Å². The van der Waals surface area contributed by atoms with E-state index in [0.29, 0.717) is 31.7 Å². The lowest BCUT2D eigenvalue weighted by Crippen LogP contribution is -2.34. The molecule has 0 saturated carbocycles. The van der Waals surface area contributed by atoms with Gasteiger partial charge in [0.15, 0.2) is 0 Å². The number of hydrogen-bond acceptors (Lipinski definition) is 3. The van der Waals surface area contributed by atoms with Gasteiger partial charge in [-0.3, -0.25) is 4.79 Å². The smallest absolute Gasteiger partial charge is 0.255 e. The number of methoxy groups -OCH3 is 1. The zero-order chi connectivity index (χ0) is 15.7. The van der Waals surface area contributed by atoms with Crippen LogP contribution in [0.2, 0.25) is 0 Å². The van der Waals surface area contributed by atoms with Crippen LogP contribution in [-0.4, -0.2) is 49.3 Å². The molecule has 114 valence electrons. The zero-order valence-electron chi connectivity index (χ0n) is 12.4. The molecule has 0 saturated heterocycles. The second kappa shape index (κ2) is 9.11. The van der Waals surface area contributed by atoms with Crippen LogP contribution in [0.1, 0.15) is 29.3 Å². The third-order valence-electron chi connectivity index (χ3n) is 2.91. The molecule has 0 aromatic heterocycles. The Morgan fingerprint density at radius 1 is 1.48 bits per heavy atom. The average Bonchev–Trinajstić information content (AvgIpc) is 2.49. The van der Waals surface area contributed by atoms with Crippen molar-refractivity contribution in [3.63, 3.8) is 0 Å². The summed E-state index contributed by atoms with van der Waals surface area (Å²) in [6.07, 6.45) is 0.312. The van der Waals surface area contributed by atoms with Crippen LogP contribution in [-0.2, 0) is 4.74 Å². The molecule has 0 fully saturated rings. The summed E-state index contributed by atoms with van der Waals surface area (Å²) < 4.78 is 18.4. The quantitative estimate of drug-likeness (QED) is 0.812. The predicted octanol–water partition coefficient (Wildman–Crippen LogP) is 1.67. The molecule has 0 aliphatic rings. The molecule has 0 unspecified atom stereocenters. The highest BCUT2D eigenvalue weighted by Crippen LogP contribution is 2.13. The number of hydrogen-bond donors (Lipinski definition) is 1. The van der Waals surface area contributed by atoms with Crippen molar-refractivity contribution in [3.05, 3.63) is 35.1 Å². The van der Waals surface area contributed by atoms with E-state index in [4.69, 9.17) is 9.84 Å². The van der Waals surface area contributed by atoms with Crippen molar-refractivity contribution < 1.29 is 19.0 Å². The van der Waals surface area contributed by atoms with E-state index in [1.54, 1.807) is 12.0 Å². The Morgan fingerprint density at radius 2 is 2.24 bits per heavy atom. The van der Waals surface area contributed by atoms with Gasteiger partial charge in [0.25, 0.3) is 5.91 Å². The summed E-state index contributed by atoms with van der Waals surface area (Å²) in [5.41, 5.74) is 0.698. The fourth-order valence-corrected chi connectivity index (χ4v) is 1.79. The van der Waals surface area contributed by atoms with E-state index in [0.717, 1.165) is 0 Å². The van der Waals surface area contributed by atoms with E-state index in [2.05, 4.69) is 11.8 Å². The molecule has 0 heterocycles. The van der Waals surface area contributed by atoms with Crippen LogP contribution in [0.5, 0.6) is 0 Å². The van der Waals surface area contributed by atoms with Crippen molar-refractivity contribution in [2.45, 2.75) is 13.3 Å². The zero-order valence-corrected chi connectivity index (χ0v) is 12.4. The molecule has 1 rings (SSSR count). The fourth-order valence-electron chi connectivity index (χ4n) is 1.79. The maximum Gasteiger partial charge on any atom is 0.255 e. The number of likely N-dealkylation sites (N-methyl/N-ethyl adjacent to an activating group) is 1. The molecule has 0 atom stereocenters. The van der Waals surface area contributed by atoms with Crippen LogP contribution in [0, 0.1) is 17.7 Å². The second-order valence-corrected chi connectivity index (χ2v) is 4.34. The topological polar surface area (TPSA) is 49.8 Å². The van der Waals surface area contributed by atoms with Crippen LogP contribution in [0.15, 0.2) is 18.2 Å². The van der Waals surface area contributed by atoms with Crippen LogP contribution in [0.4, 0.5) is 4.39 Å². The Labute approximate surface area is 124 Å². The number of amides is 1. The van der Waals surface area contributed by atoms with Crippen LogP contribution in [0.3, 0.4) is 0 Å². The summed E-state index contributed by atoms with van der Waals surface area (Å²) >= 11 is 0. The number of carbonyl (C=O) groups is 1. The molecule has 1 amide bonds. The summed E-state index contributed by atoms with van der Waals surface area (Å²) in [7, 11) is 1.56. The predicted molar refractivity (Wildman–Crippen MR) is 78.4 cm³/mol. The van der Waals surface area contributed by atoms with Gasteiger partial charge >= 0.3 is 0 Å². The monoisotopic (exact) mass is 293 g/mol. The summed E-state index contributed by atoms with van der Waals surface area (Å²) in [6.45, 7) is 3.16. The fraction of sp³-hybridized carbons (Fsp3) is 0.438. The lowest BCUT2D eigenvalue weighted by atomic mass is 10.1. The highest BCUT2D eigenvalue weighted by Gasteiger charge is 2.17. The van der Waals surface area contributed by atoms with Crippen molar-refractivity contribution in [2.24, 2.45) is 0 Å². The number of halogens is 1. The molecule has 0 bridgehead atoms. The van der Waals surface area contributed by atoms with Gasteiger partial charge in [0, 0.05) is 32.2 Å². The first kappa shape index (κ1) is 17.2. The van der Waals surface area contributed by atoms with Gasteiger partial charge in [0.2, 0.25) is 0 Å². The molecule has 1 N–H and O–H groups in total. The SMILES string of the molecule is CCN(CCOC)C(=O)c1cc(F)ccc1C#CCCO. The Kier molecular flexibility index (Phi) is 7.44. The van der Waals surface area contributed by atoms with Crippen molar-refractivity contribution in [1.82, 2.24) is 4.90 Å². The molecule has 4 nitrogen and oxygen atoms in total. The Morgan fingerprint density at radius 3 is 2.86 bits per heavy atom. The first-order valence-corrected chi connectivity index (χ1v) is 6.81. The molecule has 0 aliphatic heterocycles. The number of carbonyl (C=O) groups excluding carboxylic acids is 1. The summed E-state index contributed by atoms with van der Waals surface area (Å²) in [5.74, 6) is 4.80. The van der Waals surface area contributed by atoms with Gasteiger partial charge in [0.1, 0.15) is 5.82 Å². The lowest BCUT2D eigenvalue weighted by molar-refractivity contribution is 0.0705. The van der Waals surface area contributed by atoms with Crippen molar-refractivity contribution in [1.29, 1.82) is 0 Å². The van der Waals surface area contributed by atoms with Gasteiger partial charge in [0.05, 0.1) is 18.8 Å². The van der Waals surface area contributed by atoms with Crippen molar-refractivity contribution >= 4 is 5.91 Å². The van der Waals surface area contributed by atoms with Crippen LogP contribution < -0.4 is 0 Å². The maximum absolute atomic E-state index is 13.4. The van der Waals surface area contributed by atoms with E-state index in [9.17, 15) is 9.18 Å². The maximum atomic E-state index is 13.4. The number of aliphatic hydroxyl groups excluding tert-OH is 1. The highest BCUT2D eigenvalue weighted by molar-refractivity contribution is 5.96. The molecule has 0 spiro atoms. The largest absolute Gasteiger partial charge is 0.395 e. The van der Waals surface area contributed by atoms with E-state index < -0.39 is 5.82 Å². The number of nitrogens with zero attached hydrogens (tertiary/aromatic N) is 1. The van der Waals surface area contributed by atoms with Crippen molar-refractivity contribution in [3.8, 4) is 11.8 Å².